The first-order valence-corrected chi connectivity index (χ1v) is 7.26. The fraction of sp³-hybridized carbons (Fsp3) is 0.312. The summed E-state index contributed by atoms with van der Waals surface area (Å²) in [5.74, 6) is 1.53. The van der Waals surface area contributed by atoms with Crippen LogP contribution in [-0.4, -0.2) is 24.4 Å². The van der Waals surface area contributed by atoms with Crippen LogP contribution in [0.3, 0.4) is 0 Å². The van der Waals surface area contributed by atoms with Gasteiger partial charge in [0.2, 0.25) is 0 Å². The number of non-ortho nitro benzene ring substituents is 1. The lowest BCUT2D eigenvalue weighted by Gasteiger charge is -2.13. The predicted octanol–water partition coefficient (Wildman–Crippen LogP) is 1.46. The van der Waals surface area contributed by atoms with E-state index in [0.29, 0.717) is 17.8 Å². The van der Waals surface area contributed by atoms with Crippen LogP contribution in [0.1, 0.15) is 17.1 Å². The van der Waals surface area contributed by atoms with E-state index in [-0.39, 0.29) is 18.1 Å². The van der Waals surface area contributed by atoms with E-state index in [1.807, 2.05) is 26.1 Å². The van der Waals surface area contributed by atoms with E-state index in [1.54, 1.807) is 13.0 Å². The van der Waals surface area contributed by atoms with Crippen molar-refractivity contribution in [3.05, 3.63) is 57.5 Å². The first kappa shape index (κ1) is 16.7. The average molecular weight is 318 g/mol. The van der Waals surface area contributed by atoms with Crippen LogP contribution in [0.15, 0.2) is 34.7 Å². The van der Waals surface area contributed by atoms with Crippen molar-refractivity contribution in [2.24, 2.45) is 0 Å². The molecule has 1 aromatic carbocycles. The van der Waals surface area contributed by atoms with E-state index in [2.05, 4.69) is 5.32 Å². The van der Waals surface area contributed by atoms with E-state index in [4.69, 9.17) is 4.42 Å². The van der Waals surface area contributed by atoms with Gasteiger partial charge >= 0.3 is 0 Å². The van der Waals surface area contributed by atoms with Crippen molar-refractivity contribution in [3.63, 3.8) is 0 Å². The van der Waals surface area contributed by atoms with Gasteiger partial charge in [-0.2, -0.15) is 0 Å². The van der Waals surface area contributed by atoms with Crippen LogP contribution in [0, 0.1) is 24.0 Å². The third-order valence-corrected chi connectivity index (χ3v) is 3.43. The van der Waals surface area contributed by atoms with Crippen molar-refractivity contribution < 1.29 is 19.0 Å². The molecule has 0 aliphatic carbocycles. The molecule has 122 valence electrons. The molecule has 2 rings (SSSR count). The molecular weight excluding hydrogens is 298 g/mol. The van der Waals surface area contributed by atoms with Crippen LogP contribution < -0.4 is 10.2 Å². The normalized spacial score (nSPS) is 12.0. The highest BCUT2D eigenvalue weighted by atomic mass is 16.6. The van der Waals surface area contributed by atoms with Crippen molar-refractivity contribution in [3.8, 4) is 0 Å². The minimum atomic E-state index is -0.456. The number of nitrogens with one attached hydrogen (secondary N) is 2. The quantitative estimate of drug-likeness (QED) is 0.623. The molecule has 0 aliphatic heterocycles. The number of carbonyl (C=O) groups is 1. The number of rotatable bonds is 6. The monoisotopic (exact) mass is 318 g/mol. The van der Waals surface area contributed by atoms with Crippen LogP contribution in [0.25, 0.3) is 0 Å². The van der Waals surface area contributed by atoms with Crippen LogP contribution >= 0.6 is 0 Å². The van der Waals surface area contributed by atoms with E-state index in [1.165, 1.54) is 12.1 Å². The molecule has 0 radical (unpaired) electrons. The lowest BCUT2D eigenvalue weighted by molar-refractivity contribution is -0.886. The number of carbonyl (C=O) groups excluding carboxylic acids is 1. The lowest BCUT2D eigenvalue weighted by atomic mass is 10.2. The molecule has 0 aliphatic rings. The van der Waals surface area contributed by atoms with Gasteiger partial charge in [0.1, 0.15) is 12.3 Å². The van der Waals surface area contributed by atoms with Crippen molar-refractivity contribution in [2.75, 3.05) is 18.9 Å². The molecule has 0 saturated heterocycles. The Morgan fingerprint density at radius 3 is 2.61 bits per heavy atom. The van der Waals surface area contributed by atoms with E-state index in [0.717, 1.165) is 16.4 Å². The Morgan fingerprint density at radius 2 is 2.04 bits per heavy atom. The van der Waals surface area contributed by atoms with E-state index >= 15 is 0 Å². The number of likely N-dealkylation sites (N-methyl/N-ethyl adjacent to an activating group) is 1. The fourth-order valence-corrected chi connectivity index (χ4v) is 2.31. The molecule has 7 nitrogen and oxygen atoms in total. The number of nitrogens with zero attached hydrogens (tertiary/aromatic N) is 1. The second-order valence-electron chi connectivity index (χ2n) is 5.63. The highest BCUT2D eigenvalue weighted by Crippen LogP contribution is 2.20. The summed E-state index contributed by atoms with van der Waals surface area (Å²) in [7, 11) is 1.90. The Balaban J connectivity index is 1.92. The molecule has 0 fully saturated rings. The molecule has 2 aromatic rings. The summed E-state index contributed by atoms with van der Waals surface area (Å²) >= 11 is 0. The van der Waals surface area contributed by atoms with Crippen molar-refractivity contribution >= 4 is 17.3 Å². The van der Waals surface area contributed by atoms with Gasteiger partial charge in [-0.3, -0.25) is 14.9 Å². The smallest absolute Gasteiger partial charge is 0.279 e. The maximum Gasteiger partial charge on any atom is 0.279 e. The highest BCUT2D eigenvalue weighted by Gasteiger charge is 2.14. The minimum absolute atomic E-state index is 0.0106. The first-order valence-electron chi connectivity index (χ1n) is 7.26. The standard InChI is InChI=1S/C16H19N3O4/c1-11-8-13(19(21)22)5-7-15(11)17-16(20)10-18(3)9-14-6-4-12(2)23-14/h4-8H,9-10H2,1-3H3,(H,17,20)/p+1. The number of nitro benzene ring substituents is 1. The number of quaternary nitrogens is 1. The van der Waals surface area contributed by atoms with Gasteiger partial charge in [-0.25, -0.2) is 0 Å². The van der Waals surface area contributed by atoms with Gasteiger partial charge < -0.3 is 14.6 Å². The molecule has 1 aromatic heterocycles. The van der Waals surface area contributed by atoms with Gasteiger partial charge in [-0.05, 0) is 37.6 Å². The molecular formula is C16H20N3O4+. The first-order chi connectivity index (χ1) is 10.8. The lowest BCUT2D eigenvalue weighted by Crippen LogP contribution is -3.08. The second kappa shape index (κ2) is 7.06. The van der Waals surface area contributed by atoms with Gasteiger partial charge in [-0.1, -0.05) is 0 Å². The molecule has 1 atom stereocenters. The number of furan rings is 1. The summed E-state index contributed by atoms with van der Waals surface area (Å²) in [6.07, 6.45) is 0. The van der Waals surface area contributed by atoms with Crippen LogP contribution in [0.4, 0.5) is 11.4 Å². The topological polar surface area (TPSA) is 89.8 Å². The number of amides is 1. The number of aryl methyl sites for hydroxylation is 2. The zero-order valence-electron chi connectivity index (χ0n) is 13.4. The van der Waals surface area contributed by atoms with Crippen LogP contribution in [-0.2, 0) is 11.3 Å². The summed E-state index contributed by atoms with van der Waals surface area (Å²) in [6, 6.07) is 8.17. The van der Waals surface area contributed by atoms with E-state index in [9.17, 15) is 14.9 Å². The molecule has 0 bridgehead atoms. The Kier molecular flexibility index (Phi) is 5.13. The predicted molar refractivity (Wildman–Crippen MR) is 85.4 cm³/mol. The Morgan fingerprint density at radius 1 is 1.30 bits per heavy atom. The maximum absolute atomic E-state index is 12.1. The molecule has 1 unspecified atom stereocenters. The van der Waals surface area contributed by atoms with Crippen molar-refractivity contribution in [1.29, 1.82) is 0 Å². The molecule has 1 heterocycles. The number of hydrogen-bond acceptors (Lipinski definition) is 4. The number of anilines is 1. The maximum atomic E-state index is 12.1. The largest absolute Gasteiger partial charge is 0.460 e. The van der Waals surface area contributed by atoms with Gasteiger partial charge in [-0.15, -0.1) is 0 Å². The SMILES string of the molecule is Cc1ccc(C[NH+](C)CC(=O)Nc2ccc([N+](=O)[O-])cc2C)o1. The number of nitro groups is 1. The zero-order chi connectivity index (χ0) is 17.0. The highest BCUT2D eigenvalue weighted by molar-refractivity contribution is 5.92. The summed E-state index contributed by atoms with van der Waals surface area (Å²) in [6.45, 7) is 4.49. The van der Waals surface area contributed by atoms with E-state index < -0.39 is 4.92 Å². The van der Waals surface area contributed by atoms with Crippen molar-refractivity contribution in [2.45, 2.75) is 20.4 Å². The van der Waals surface area contributed by atoms with Crippen LogP contribution in [0.5, 0.6) is 0 Å². The Bertz CT molecular complexity index is 724. The molecule has 23 heavy (non-hydrogen) atoms. The van der Waals surface area contributed by atoms with Gasteiger partial charge in [0.25, 0.3) is 11.6 Å². The fourth-order valence-electron chi connectivity index (χ4n) is 2.31. The Hall–Kier alpha value is -2.67. The molecule has 1 amide bonds. The van der Waals surface area contributed by atoms with Gasteiger partial charge in [0.15, 0.2) is 12.3 Å². The number of benzene rings is 1. The summed E-state index contributed by atoms with van der Waals surface area (Å²) in [5.41, 5.74) is 1.26. The third-order valence-electron chi connectivity index (χ3n) is 3.43. The third kappa shape index (κ3) is 4.65. The van der Waals surface area contributed by atoms with Crippen molar-refractivity contribution in [1.82, 2.24) is 0 Å². The van der Waals surface area contributed by atoms with Gasteiger partial charge in [0, 0.05) is 17.8 Å². The Labute approximate surface area is 134 Å². The average Bonchev–Trinajstić information content (AvgIpc) is 2.85. The summed E-state index contributed by atoms with van der Waals surface area (Å²) in [5, 5.41) is 13.5. The molecule has 2 N–H and O–H groups in total. The summed E-state index contributed by atoms with van der Waals surface area (Å²) < 4.78 is 5.49. The minimum Gasteiger partial charge on any atom is -0.460 e. The number of hydrogen-bond donors (Lipinski definition) is 2. The molecule has 7 heteroatoms. The van der Waals surface area contributed by atoms with Crippen LogP contribution in [0.2, 0.25) is 0 Å². The molecule has 0 saturated carbocycles. The second-order valence-corrected chi connectivity index (χ2v) is 5.63. The zero-order valence-corrected chi connectivity index (χ0v) is 13.4. The summed E-state index contributed by atoms with van der Waals surface area (Å²) in [4.78, 5) is 23.3. The molecule has 0 spiro atoms. The van der Waals surface area contributed by atoms with Gasteiger partial charge in [0.05, 0.1) is 12.0 Å².